The lowest BCUT2D eigenvalue weighted by molar-refractivity contribution is 0.0580. The zero-order valence-corrected chi connectivity index (χ0v) is 12.7. The largest absolute Gasteiger partial charge is 0.380 e. The smallest absolute Gasteiger partial charge is 0.116 e. The summed E-state index contributed by atoms with van der Waals surface area (Å²) in [6, 6.07) is 13.5. The summed E-state index contributed by atoms with van der Waals surface area (Å²) < 4.78 is 0. The maximum Gasteiger partial charge on any atom is 0.116 e. The molecule has 0 aromatic heterocycles. The summed E-state index contributed by atoms with van der Waals surface area (Å²) in [4.78, 5) is 0. The van der Waals surface area contributed by atoms with Crippen molar-refractivity contribution < 1.29 is 5.11 Å². The van der Waals surface area contributed by atoms with Crippen LogP contribution in [0.1, 0.15) is 42.4 Å². The molecule has 1 nitrogen and oxygen atoms in total. The fourth-order valence-corrected chi connectivity index (χ4v) is 3.58. The van der Waals surface area contributed by atoms with E-state index in [1.165, 1.54) is 5.56 Å². The average molecular weight is 307 g/mol. The SMILES string of the molecule is CC1CCC(O)(c2cccc(Cl)c2Cl)c2ccccc21. The molecule has 2 atom stereocenters. The number of fused-ring (bicyclic) bond motifs is 1. The Labute approximate surface area is 129 Å². The molecule has 0 bridgehead atoms. The molecule has 0 fully saturated rings. The van der Waals surface area contributed by atoms with Crippen molar-refractivity contribution in [2.45, 2.75) is 31.3 Å². The Bertz CT molecular complexity index is 653. The highest BCUT2D eigenvalue weighted by atomic mass is 35.5. The van der Waals surface area contributed by atoms with E-state index in [0.29, 0.717) is 27.9 Å². The van der Waals surface area contributed by atoms with Crippen LogP contribution in [0.2, 0.25) is 10.0 Å². The Hall–Kier alpha value is -1.02. The second kappa shape index (κ2) is 5.07. The van der Waals surface area contributed by atoms with Gasteiger partial charge in [0.05, 0.1) is 10.0 Å². The topological polar surface area (TPSA) is 20.2 Å². The summed E-state index contributed by atoms with van der Waals surface area (Å²) in [5.41, 5.74) is 1.79. The van der Waals surface area contributed by atoms with E-state index >= 15 is 0 Å². The van der Waals surface area contributed by atoms with Crippen LogP contribution < -0.4 is 0 Å². The van der Waals surface area contributed by atoms with Crippen LogP contribution in [0.15, 0.2) is 42.5 Å². The lowest BCUT2D eigenvalue weighted by Gasteiger charge is -2.38. The molecule has 0 amide bonds. The number of aliphatic hydroxyl groups is 1. The fourth-order valence-electron chi connectivity index (χ4n) is 3.12. The van der Waals surface area contributed by atoms with Gasteiger partial charge >= 0.3 is 0 Å². The molecule has 20 heavy (non-hydrogen) atoms. The molecule has 1 aliphatic carbocycles. The molecular weight excluding hydrogens is 291 g/mol. The highest BCUT2D eigenvalue weighted by molar-refractivity contribution is 6.42. The molecule has 3 rings (SSSR count). The van der Waals surface area contributed by atoms with E-state index in [9.17, 15) is 5.11 Å². The summed E-state index contributed by atoms with van der Waals surface area (Å²) in [5, 5.41) is 12.2. The molecule has 2 unspecified atom stereocenters. The molecule has 0 saturated carbocycles. The molecule has 2 aromatic carbocycles. The molecule has 1 N–H and O–H groups in total. The minimum atomic E-state index is -1.05. The van der Waals surface area contributed by atoms with Gasteiger partial charge in [-0.2, -0.15) is 0 Å². The van der Waals surface area contributed by atoms with Crippen LogP contribution >= 0.6 is 23.2 Å². The van der Waals surface area contributed by atoms with Gasteiger partial charge in [-0.1, -0.05) is 66.5 Å². The molecule has 3 heteroatoms. The summed E-state index contributed by atoms with van der Waals surface area (Å²) in [7, 11) is 0. The van der Waals surface area contributed by atoms with Gasteiger partial charge in [-0.25, -0.2) is 0 Å². The molecule has 0 spiro atoms. The van der Waals surface area contributed by atoms with Gasteiger partial charge in [0.25, 0.3) is 0 Å². The van der Waals surface area contributed by atoms with Gasteiger partial charge in [0.1, 0.15) is 5.60 Å². The van der Waals surface area contributed by atoms with Crippen molar-refractivity contribution in [1.82, 2.24) is 0 Å². The van der Waals surface area contributed by atoms with Gasteiger partial charge in [0.15, 0.2) is 0 Å². The number of hydrogen-bond acceptors (Lipinski definition) is 1. The van der Waals surface area contributed by atoms with E-state index in [2.05, 4.69) is 13.0 Å². The van der Waals surface area contributed by atoms with Crippen LogP contribution in [0.25, 0.3) is 0 Å². The van der Waals surface area contributed by atoms with Gasteiger partial charge in [-0.05, 0) is 36.0 Å². The van der Waals surface area contributed by atoms with Crippen molar-refractivity contribution in [3.05, 3.63) is 69.2 Å². The van der Waals surface area contributed by atoms with Crippen LogP contribution in [-0.2, 0) is 5.60 Å². The first-order valence-corrected chi connectivity index (χ1v) is 7.56. The van der Waals surface area contributed by atoms with Crippen molar-refractivity contribution in [2.75, 3.05) is 0 Å². The highest BCUT2D eigenvalue weighted by Gasteiger charge is 2.39. The van der Waals surface area contributed by atoms with E-state index in [0.717, 1.165) is 12.0 Å². The minimum Gasteiger partial charge on any atom is -0.380 e. The van der Waals surface area contributed by atoms with Crippen molar-refractivity contribution in [1.29, 1.82) is 0 Å². The Morgan fingerprint density at radius 2 is 1.75 bits per heavy atom. The number of rotatable bonds is 1. The quantitative estimate of drug-likeness (QED) is 0.774. The van der Waals surface area contributed by atoms with E-state index in [1.807, 2.05) is 30.3 Å². The van der Waals surface area contributed by atoms with Crippen LogP contribution in [0.5, 0.6) is 0 Å². The van der Waals surface area contributed by atoms with E-state index < -0.39 is 5.60 Å². The van der Waals surface area contributed by atoms with E-state index in [4.69, 9.17) is 23.2 Å². The van der Waals surface area contributed by atoms with Gasteiger partial charge in [-0.15, -0.1) is 0 Å². The molecule has 1 aliphatic rings. The summed E-state index contributed by atoms with van der Waals surface area (Å²) in [5.74, 6) is 0.449. The predicted molar refractivity (Wildman–Crippen MR) is 83.6 cm³/mol. The lowest BCUT2D eigenvalue weighted by Crippen LogP contribution is -2.33. The summed E-state index contributed by atoms with van der Waals surface area (Å²) >= 11 is 12.4. The maximum atomic E-state index is 11.3. The first kappa shape index (κ1) is 13.9. The second-order valence-corrected chi connectivity index (χ2v) is 6.27. The molecular formula is C17H16Cl2O. The van der Waals surface area contributed by atoms with Crippen LogP contribution in [-0.4, -0.2) is 5.11 Å². The van der Waals surface area contributed by atoms with Crippen LogP contribution in [0.4, 0.5) is 0 Å². The molecule has 2 aromatic rings. The molecule has 104 valence electrons. The van der Waals surface area contributed by atoms with Gasteiger partial charge in [0.2, 0.25) is 0 Å². The van der Waals surface area contributed by atoms with Crippen molar-refractivity contribution in [3.63, 3.8) is 0 Å². The monoisotopic (exact) mass is 306 g/mol. The minimum absolute atomic E-state index is 0.445. The molecule has 0 saturated heterocycles. The van der Waals surface area contributed by atoms with Crippen LogP contribution in [0, 0.1) is 0 Å². The normalized spacial score (nSPS) is 25.3. The van der Waals surface area contributed by atoms with Crippen molar-refractivity contribution >= 4 is 23.2 Å². The third kappa shape index (κ3) is 2.05. The summed E-state index contributed by atoms with van der Waals surface area (Å²) in [6.45, 7) is 2.19. The number of benzene rings is 2. The highest BCUT2D eigenvalue weighted by Crippen LogP contribution is 2.47. The zero-order chi connectivity index (χ0) is 14.3. The Morgan fingerprint density at radius 3 is 2.55 bits per heavy atom. The zero-order valence-electron chi connectivity index (χ0n) is 11.2. The third-order valence-corrected chi connectivity index (χ3v) is 5.09. The Balaban J connectivity index is 2.23. The molecule has 0 aliphatic heterocycles. The first-order chi connectivity index (χ1) is 9.54. The standard InChI is InChI=1S/C17H16Cl2O/c1-11-9-10-17(20,13-6-3-2-5-12(11)13)14-7-4-8-15(18)16(14)19/h2-8,11,20H,9-10H2,1H3. The van der Waals surface area contributed by atoms with Gasteiger partial charge < -0.3 is 5.11 Å². The molecule has 0 radical (unpaired) electrons. The number of halogens is 2. The lowest BCUT2D eigenvalue weighted by atomic mass is 9.71. The Kier molecular flexibility index (Phi) is 3.53. The fraction of sp³-hybridized carbons (Fsp3) is 0.294. The third-order valence-electron chi connectivity index (χ3n) is 4.27. The second-order valence-electron chi connectivity index (χ2n) is 5.49. The maximum absolute atomic E-state index is 11.3. The van der Waals surface area contributed by atoms with E-state index in [1.54, 1.807) is 6.07 Å². The molecule has 0 heterocycles. The van der Waals surface area contributed by atoms with Gasteiger partial charge in [-0.3, -0.25) is 0 Å². The van der Waals surface area contributed by atoms with E-state index in [-0.39, 0.29) is 0 Å². The first-order valence-electron chi connectivity index (χ1n) is 6.80. The Morgan fingerprint density at radius 1 is 1.05 bits per heavy atom. The van der Waals surface area contributed by atoms with Crippen molar-refractivity contribution in [3.8, 4) is 0 Å². The number of hydrogen-bond donors (Lipinski definition) is 1. The van der Waals surface area contributed by atoms with Crippen LogP contribution in [0.3, 0.4) is 0 Å². The van der Waals surface area contributed by atoms with Gasteiger partial charge in [0, 0.05) is 5.56 Å². The summed E-state index contributed by atoms with van der Waals surface area (Å²) in [6.07, 6.45) is 1.58. The predicted octanol–water partition coefficient (Wildman–Crippen LogP) is 5.13. The van der Waals surface area contributed by atoms with Crippen molar-refractivity contribution in [2.24, 2.45) is 0 Å². The average Bonchev–Trinajstić information content (AvgIpc) is 2.46.